The number of nitrogens with one attached hydrogen (secondary N) is 2. The van der Waals surface area contributed by atoms with Gasteiger partial charge < -0.3 is 10.6 Å². The number of rotatable bonds is 6. The molecule has 1 amide bonds. The molecule has 1 heterocycles. The Morgan fingerprint density at radius 1 is 1.47 bits per heavy atom. The summed E-state index contributed by atoms with van der Waals surface area (Å²) in [6, 6.07) is 0.426. The molecule has 2 N–H and O–H groups in total. The van der Waals surface area contributed by atoms with Crippen molar-refractivity contribution in [2.75, 3.05) is 0 Å². The number of carbonyl (C=O) groups is 1. The van der Waals surface area contributed by atoms with E-state index in [-0.39, 0.29) is 11.4 Å². The molecule has 106 valence electrons. The van der Waals surface area contributed by atoms with E-state index in [0.717, 1.165) is 18.5 Å². The summed E-state index contributed by atoms with van der Waals surface area (Å²) in [7, 11) is 0. The number of nitrogens with zero attached hydrogens (tertiary/aromatic N) is 3. The van der Waals surface area contributed by atoms with Crippen LogP contribution in [0, 0.1) is 0 Å². The first kappa shape index (κ1) is 14.0. The first-order valence-corrected chi connectivity index (χ1v) is 6.86. The largest absolute Gasteiger partial charge is 0.353 e. The third kappa shape index (κ3) is 5.38. The van der Waals surface area contributed by atoms with E-state index in [9.17, 15) is 4.79 Å². The molecule has 1 aliphatic rings. The molecule has 1 aromatic heterocycles. The number of hydrogen-bond acceptors (Lipinski definition) is 4. The normalized spacial score (nSPS) is 15.5. The van der Waals surface area contributed by atoms with Crippen molar-refractivity contribution in [1.29, 1.82) is 0 Å². The van der Waals surface area contributed by atoms with Crippen molar-refractivity contribution >= 4 is 5.91 Å². The van der Waals surface area contributed by atoms with E-state index in [1.165, 1.54) is 0 Å². The predicted octanol–water partition coefficient (Wildman–Crippen LogP) is 0.835. The van der Waals surface area contributed by atoms with Crippen LogP contribution in [0.25, 0.3) is 0 Å². The van der Waals surface area contributed by atoms with Crippen LogP contribution in [0.2, 0.25) is 0 Å². The second-order valence-corrected chi connectivity index (χ2v) is 6.17. The van der Waals surface area contributed by atoms with Gasteiger partial charge in [0.05, 0.1) is 12.2 Å². The molecule has 0 spiro atoms. The molecular weight excluding hydrogens is 242 g/mol. The van der Waals surface area contributed by atoms with Crippen molar-refractivity contribution < 1.29 is 4.79 Å². The highest BCUT2D eigenvalue weighted by atomic mass is 16.1. The quantitative estimate of drug-likeness (QED) is 0.799. The molecule has 1 aliphatic carbocycles. The van der Waals surface area contributed by atoms with Gasteiger partial charge in [0.15, 0.2) is 0 Å². The van der Waals surface area contributed by atoms with E-state index in [1.807, 2.05) is 6.20 Å². The fourth-order valence-electron chi connectivity index (χ4n) is 1.63. The Hall–Kier alpha value is -1.43. The molecule has 0 saturated heterocycles. The first-order valence-electron chi connectivity index (χ1n) is 6.86. The van der Waals surface area contributed by atoms with E-state index < -0.39 is 0 Å². The van der Waals surface area contributed by atoms with Gasteiger partial charge in [0.25, 0.3) is 0 Å². The Morgan fingerprint density at radius 3 is 2.84 bits per heavy atom. The molecule has 2 rings (SSSR count). The second kappa shape index (κ2) is 5.69. The van der Waals surface area contributed by atoms with E-state index >= 15 is 0 Å². The molecule has 0 aliphatic heterocycles. The first-order chi connectivity index (χ1) is 8.92. The maximum Gasteiger partial charge on any atom is 0.222 e. The zero-order valence-corrected chi connectivity index (χ0v) is 11.9. The summed E-state index contributed by atoms with van der Waals surface area (Å²) < 4.78 is 1.73. The predicted molar refractivity (Wildman–Crippen MR) is 72.4 cm³/mol. The van der Waals surface area contributed by atoms with Crippen LogP contribution < -0.4 is 10.6 Å². The molecule has 19 heavy (non-hydrogen) atoms. The van der Waals surface area contributed by atoms with Crippen LogP contribution in [-0.4, -0.2) is 32.5 Å². The summed E-state index contributed by atoms with van der Waals surface area (Å²) in [4.78, 5) is 11.5. The molecule has 0 radical (unpaired) electrons. The van der Waals surface area contributed by atoms with Gasteiger partial charge in [-0.3, -0.25) is 9.48 Å². The van der Waals surface area contributed by atoms with Crippen LogP contribution in [0.5, 0.6) is 0 Å². The van der Waals surface area contributed by atoms with Gasteiger partial charge in [0.2, 0.25) is 5.91 Å². The van der Waals surface area contributed by atoms with Crippen molar-refractivity contribution in [2.24, 2.45) is 0 Å². The van der Waals surface area contributed by atoms with Crippen LogP contribution in [0.4, 0.5) is 0 Å². The maximum atomic E-state index is 11.5. The number of aromatic nitrogens is 3. The Labute approximate surface area is 113 Å². The van der Waals surface area contributed by atoms with Gasteiger partial charge in [-0.1, -0.05) is 5.21 Å². The summed E-state index contributed by atoms with van der Waals surface area (Å²) in [5.41, 5.74) is 0.964. The Kier molecular flexibility index (Phi) is 4.19. The van der Waals surface area contributed by atoms with Crippen molar-refractivity contribution in [3.05, 3.63) is 11.9 Å². The van der Waals surface area contributed by atoms with Crippen LogP contribution in [0.15, 0.2) is 6.20 Å². The minimum absolute atomic E-state index is 0.0634. The molecule has 0 bridgehead atoms. The van der Waals surface area contributed by atoms with Crippen LogP contribution >= 0.6 is 0 Å². The third-order valence-corrected chi connectivity index (χ3v) is 2.90. The molecule has 0 aromatic carbocycles. The van der Waals surface area contributed by atoms with Gasteiger partial charge in [-0.15, -0.1) is 5.10 Å². The molecule has 6 nitrogen and oxygen atoms in total. The van der Waals surface area contributed by atoms with Gasteiger partial charge in [-0.2, -0.15) is 0 Å². The van der Waals surface area contributed by atoms with E-state index in [0.29, 0.717) is 25.6 Å². The molecule has 1 saturated carbocycles. The lowest BCUT2D eigenvalue weighted by molar-refractivity contribution is -0.121. The smallest absolute Gasteiger partial charge is 0.222 e. The van der Waals surface area contributed by atoms with Gasteiger partial charge in [-0.25, -0.2) is 0 Å². The van der Waals surface area contributed by atoms with Crippen LogP contribution in [0.3, 0.4) is 0 Å². The van der Waals surface area contributed by atoms with Crippen molar-refractivity contribution in [3.63, 3.8) is 0 Å². The second-order valence-electron chi connectivity index (χ2n) is 6.17. The molecule has 0 unspecified atom stereocenters. The number of hydrogen-bond donors (Lipinski definition) is 2. The Balaban J connectivity index is 1.72. The lowest BCUT2D eigenvalue weighted by Crippen LogP contribution is -2.35. The minimum Gasteiger partial charge on any atom is -0.353 e. The number of aryl methyl sites for hydroxylation is 1. The summed E-state index contributed by atoms with van der Waals surface area (Å²) in [5, 5.41) is 14.4. The Morgan fingerprint density at radius 2 is 2.21 bits per heavy atom. The third-order valence-electron chi connectivity index (χ3n) is 2.90. The molecular formula is C13H23N5O. The van der Waals surface area contributed by atoms with Crippen molar-refractivity contribution in [3.8, 4) is 0 Å². The summed E-state index contributed by atoms with van der Waals surface area (Å²) in [6.07, 6.45) is 4.60. The minimum atomic E-state index is 0.0634. The lowest BCUT2D eigenvalue weighted by Gasteiger charge is -2.19. The van der Waals surface area contributed by atoms with E-state index in [2.05, 4.69) is 41.7 Å². The number of amides is 1. The number of carbonyl (C=O) groups excluding carboxylic acids is 1. The monoisotopic (exact) mass is 265 g/mol. The standard InChI is InChI=1S/C13H23N5O/c1-13(2,3)14-8-11-9-18(17-16-11)7-6-12(19)15-10-4-5-10/h9-10,14H,4-8H2,1-3H3,(H,15,19). The van der Waals surface area contributed by atoms with Crippen LogP contribution in [-0.2, 0) is 17.9 Å². The van der Waals surface area contributed by atoms with Gasteiger partial charge in [-0.05, 0) is 33.6 Å². The van der Waals surface area contributed by atoms with Gasteiger partial charge in [0.1, 0.15) is 0 Å². The zero-order valence-electron chi connectivity index (χ0n) is 11.9. The average molecular weight is 265 g/mol. The van der Waals surface area contributed by atoms with E-state index in [4.69, 9.17) is 0 Å². The molecule has 1 fully saturated rings. The molecule has 6 heteroatoms. The highest BCUT2D eigenvalue weighted by Crippen LogP contribution is 2.18. The van der Waals surface area contributed by atoms with Gasteiger partial charge in [0, 0.05) is 30.7 Å². The fourth-order valence-corrected chi connectivity index (χ4v) is 1.63. The molecule has 1 aromatic rings. The van der Waals surface area contributed by atoms with Crippen molar-refractivity contribution in [2.45, 2.75) is 64.7 Å². The van der Waals surface area contributed by atoms with Crippen molar-refractivity contribution in [1.82, 2.24) is 25.6 Å². The summed E-state index contributed by atoms with van der Waals surface area (Å²) >= 11 is 0. The average Bonchev–Trinajstić information content (AvgIpc) is 3.00. The fraction of sp³-hybridized carbons (Fsp3) is 0.769. The Bertz CT molecular complexity index is 430. The SMILES string of the molecule is CC(C)(C)NCc1cn(CCC(=O)NC2CC2)nn1. The summed E-state index contributed by atoms with van der Waals surface area (Å²) in [6.45, 7) is 7.61. The summed E-state index contributed by atoms with van der Waals surface area (Å²) in [5.74, 6) is 0.104. The van der Waals surface area contributed by atoms with E-state index in [1.54, 1.807) is 4.68 Å². The van der Waals surface area contributed by atoms with Crippen LogP contribution in [0.1, 0.15) is 45.7 Å². The zero-order chi connectivity index (χ0) is 13.9. The molecule has 0 atom stereocenters. The topological polar surface area (TPSA) is 71.8 Å². The lowest BCUT2D eigenvalue weighted by atomic mass is 10.1. The highest BCUT2D eigenvalue weighted by Gasteiger charge is 2.22. The highest BCUT2D eigenvalue weighted by molar-refractivity contribution is 5.76. The van der Waals surface area contributed by atoms with Gasteiger partial charge >= 0.3 is 0 Å². The maximum absolute atomic E-state index is 11.5.